The highest BCUT2D eigenvalue weighted by Crippen LogP contribution is 2.36. The van der Waals surface area contributed by atoms with Gasteiger partial charge in [0.2, 0.25) is 5.91 Å². The number of nitrogens with zero attached hydrogens (tertiary/aromatic N) is 3. The Bertz CT molecular complexity index is 1130. The van der Waals surface area contributed by atoms with Gasteiger partial charge in [0.1, 0.15) is 23.4 Å². The molecule has 0 unspecified atom stereocenters. The van der Waals surface area contributed by atoms with Crippen molar-refractivity contribution in [3.05, 3.63) is 76.6 Å². The maximum absolute atomic E-state index is 13.0. The molecule has 0 spiro atoms. The van der Waals surface area contributed by atoms with E-state index in [4.69, 9.17) is 26.3 Å². The van der Waals surface area contributed by atoms with Crippen LogP contribution in [-0.2, 0) is 17.6 Å². The first-order valence-electron chi connectivity index (χ1n) is 10.2. The minimum atomic E-state index is -0.335. The van der Waals surface area contributed by atoms with E-state index in [0.717, 1.165) is 24.8 Å². The van der Waals surface area contributed by atoms with Gasteiger partial charge >= 0.3 is 0 Å². The van der Waals surface area contributed by atoms with E-state index < -0.39 is 0 Å². The van der Waals surface area contributed by atoms with E-state index in [9.17, 15) is 9.18 Å². The molecule has 0 radical (unpaired) electrons. The average molecular weight is 469 g/mol. The second kappa shape index (κ2) is 11.8. The van der Waals surface area contributed by atoms with E-state index in [-0.39, 0.29) is 23.8 Å². The number of carbonyl (C=O) groups is 1. The van der Waals surface area contributed by atoms with Crippen LogP contribution in [0.4, 0.5) is 10.1 Å². The molecule has 0 atom stereocenters. The first-order chi connectivity index (χ1) is 16.0. The molecule has 3 rings (SSSR count). The third-order valence-electron chi connectivity index (χ3n) is 4.72. The monoisotopic (exact) mass is 468 g/mol. The molecule has 2 aromatic carbocycles. The number of hydrogen-bond acceptors (Lipinski definition) is 6. The summed E-state index contributed by atoms with van der Waals surface area (Å²) in [7, 11) is 1.48. The third-order valence-corrected chi connectivity index (χ3v) is 5.02. The van der Waals surface area contributed by atoms with Gasteiger partial charge in [0.25, 0.3) is 0 Å². The molecule has 1 heterocycles. The molecule has 170 valence electrons. The number of ether oxygens (including phenoxy) is 2. The molecule has 0 aliphatic rings. The van der Waals surface area contributed by atoms with Crippen molar-refractivity contribution in [2.75, 3.05) is 19.0 Å². The van der Waals surface area contributed by atoms with E-state index in [1.54, 1.807) is 24.3 Å². The maximum Gasteiger partial charge on any atom is 0.230 e. The molecule has 9 heteroatoms. The van der Waals surface area contributed by atoms with E-state index in [1.165, 1.54) is 31.6 Å². The van der Waals surface area contributed by atoms with Crippen LogP contribution in [0.1, 0.15) is 29.8 Å². The summed E-state index contributed by atoms with van der Waals surface area (Å²) in [5, 5.41) is 11.8. The Labute approximate surface area is 196 Å². The van der Waals surface area contributed by atoms with Crippen molar-refractivity contribution in [3.8, 4) is 17.6 Å². The minimum absolute atomic E-state index is 0.0220. The standard InChI is InChI=1S/C24H22ClFN4O3/c1-32-23-12-22(33-9-3-2-4-16-5-7-17(26)8-6-16)20(25)11-21(23)30-24(31)10-18-14-29-19(13-27)15-28-18/h5-8,11-12,14-15H,2-4,9-10H2,1H3,(H,30,31). The number of nitriles is 1. The lowest BCUT2D eigenvalue weighted by Gasteiger charge is -2.14. The normalized spacial score (nSPS) is 10.4. The van der Waals surface area contributed by atoms with Gasteiger partial charge < -0.3 is 14.8 Å². The summed E-state index contributed by atoms with van der Waals surface area (Å²) in [5.41, 5.74) is 2.08. The van der Waals surface area contributed by atoms with E-state index in [0.29, 0.717) is 34.5 Å². The predicted molar refractivity (Wildman–Crippen MR) is 122 cm³/mol. The number of methoxy groups -OCH3 is 1. The fraction of sp³-hybridized carbons (Fsp3) is 0.250. The molecule has 33 heavy (non-hydrogen) atoms. The van der Waals surface area contributed by atoms with Gasteiger partial charge in [0.05, 0.1) is 48.9 Å². The second-order valence-electron chi connectivity index (χ2n) is 7.14. The molecule has 7 nitrogen and oxygen atoms in total. The fourth-order valence-electron chi connectivity index (χ4n) is 3.04. The number of aromatic nitrogens is 2. The van der Waals surface area contributed by atoms with Crippen LogP contribution in [0.3, 0.4) is 0 Å². The molecule has 0 saturated heterocycles. The van der Waals surface area contributed by atoms with E-state index in [1.807, 2.05) is 6.07 Å². The van der Waals surface area contributed by atoms with Crippen LogP contribution in [-0.4, -0.2) is 29.6 Å². The lowest BCUT2D eigenvalue weighted by Crippen LogP contribution is -2.16. The summed E-state index contributed by atoms with van der Waals surface area (Å²) in [6.45, 7) is 0.452. The van der Waals surface area contributed by atoms with Crippen molar-refractivity contribution in [3.63, 3.8) is 0 Å². The van der Waals surface area contributed by atoms with E-state index >= 15 is 0 Å². The summed E-state index contributed by atoms with van der Waals surface area (Å²) in [4.78, 5) is 20.3. The lowest BCUT2D eigenvalue weighted by atomic mass is 10.1. The lowest BCUT2D eigenvalue weighted by molar-refractivity contribution is -0.115. The van der Waals surface area contributed by atoms with Crippen LogP contribution in [0.5, 0.6) is 11.5 Å². The number of halogens is 2. The zero-order chi connectivity index (χ0) is 23.6. The van der Waals surface area contributed by atoms with Crippen molar-refractivity contribution in [1.29, 1.82) is 5.26 Å². The largest absolute Gasteiger partial charge is 0.494 e. The van der Waals surface area contributed by atoms with Gasteiger partial charge in [-0.2, -0.15) is 5.26 Å². The smallest absolute Gasteiger partial charge is 0.230 e. The van der Waals surface area contributed by atoms with Crippen molar-refractivity contribution in [1.82, 2.24) is 9.97 Å². The van der Waals surface area contributed by atoms with Crippen LogP contribution in [0.25, 0.3) is 0 Å². The van der Waals surface area contributed by atoms with Crippen LogP contribution >= 0.6 is 11.6 Å². The Hall–Kier alpha value is -3.70. The number of amides is 1. The van der Waals surface area contributed by atoms with Gasteiger partial charge in [-0.25, -0.2) is 9.37 Å². The minimum Gasteiger partial charge on any atom is -0.494 e. The Morgan fingerprint density at radius 3 is 2.61 bits per heavy atom. The quantitative estimate of drug-likeness (QED) is 0.432. The van der Waals surface area contributed by atoms with E-state index in [2.05, 4.69) is 15.3 Å². The Kier molecular flexibility index (Phi) is 8.56. The number of anilines is 1. The SMILES string of the molecule is COc1cc(OCCCCc2ccc(F)cc2)c(Cl)cc1NC(=O)Cc1cnc(C#N)cn1. The fourth-order valence-corrected chi connectivity index (χ4v) is 3.26. The van der Waals surface area contributed by atoms with Crippen molar-refractivity contribution in [2.45, 2.75) is 25.7 Å². The number of rotatable bonds is 10. The number of unbranched alkanes of at least 4 members (excludes halogenated alkanes) is 1. The summed E-state index contributed by atoms with van der Waals surface area (Å²) in [6, 6.07) is 11.5. The van der Waals surface area contributed by atoms with Crippen LogP contribution < -0.4 is 14.8 Å². The van der Waals surface area contributed by atoms with Gasteiger partial charge in [-0.15, -0.1) is 0 Å². The molecule has 1 amide bonds. The van der Waals surface area contributed by atoms with Crippen molar-refractivity contribution >= 4 is 23.2 Å². The van der Waals surface area contributed by atoms with Gasteiger partial charge in [0.15, 0.2) is 5.69 Å². The second-order valence-corrected chi connectivity index (χ2v) is 7.55. The average Bonchev–Trinajstić information content (AvgIpc) is 2.81. The Balaban J connectivity index is 1.53. The highest BCUT2D eigenvalue weighted by molar-refractivity contribution is 6.32. The molecule has 0 aliphatic heterocycles. The summed E-state index contributed by atoms with van der Waals surface area (Å²) in [5.74, 6) is 0.275. The van der Waals surface area contributed by atoms with Crippen molar-refractivity contribution in [2.24, 2.45) is 0 Å². The summed E-state index contributed by atoms with van der Waals surface area (Å²) < 4.78 is 24.1. The molecule has 0 fully saturated rings. The highest BCUT2D eigenvalue weighted by atomic mass is 35.5. The molecule has 0 bridgehead atoms. The Morgan fingerprint density at radius 2 is 1.94 bits per heavy atom. The number of benzene rings is 2. The summed E-state index contributed by atoms with van der Waals surface area (Å²) in [6.07, 6.45) is 5.18. The predicted octanol–water partition coefficient (Wildman–Crippen LogP) is 4.73. The molecule has 0 saturated carbocycles. The molecule has 0 aliphatic carbocycles. The van der Waals surface area contributed by atoms with Gasteiger partial charge in [-0.3, -0.25) is 9.78 Å². The van der Waals surface area contributed by atoms with Crippen LogP contribution in [0.15, 0.2) is 48.8 Å². The van der Waals surface area contributed by atoms with Gasteiger partial charge in [0, 0.05) is 6.07 Å². The zero-order valence-electron chi connectivity index (χ0n) is 18.0. The summed E-state index contributed by atoms with van der Waals surface area (Å²) >= 11 is 6.34. The number of hydrogen-bond donors (Lipinski definition) is 1. The van der Waals surface area contributed by atoms with Crippen LogP contribution in [0.2, 0.25) is 5.02 Å². The maximum atomic E-state index is 13.0. The number of nitrogens with one attached hydrogen (secondary N) is 1. The molecule has 3 aromatic rings. The van der Waals surface area contributed by atoms with Gasteiger partial charge in [-0.1, -0.05) is 23.7 Å². The zero-order valence-corrected chi connectivity index (χ0v) is 18.7. The number of carbonyl (C=O) groups excluding carboxylic acids is 1. The van der Waals surface area contributed by atoms with Crippen molar-refractivity contribution < 1.29 is 18.7 Å². The van der Waals surface area contributed by atoms with Gasteiger partial charge in [-0.05, 0) is 43.0 Å². The number of aryl methyl sites for hydroxylation is 1. The first kappa shape index (κ1) is 24.0. The highest BCUT2D eigenvalue weighted by Gasteiger charge is 2.14. The van der Waals surface area contributed by atoms with Crippen LogP contribution in [0, 0.1) is 17.1 Å². The Morgan fingerprint density at radius 1 is 1.15 bits per heavy atom. The molecule has 1 aromatic heterocycles. The third kappa shape index (κ3) is 7.16. The topological polar surface area (TPSA) is 97.1 Å². The first-order valence-corrected chi connectivity index (χ1v) is 10.6. The molecule has 1 N–H and O–H groups in total. The molecular formula is C24H22ClFN4O3. The molecular weight excluding hydrogens is 447 g/mol.